The number of nitrogens with one attached hydrogen (secondary N) is 1. The van der Waals surface area contributed by atoms with Gasteiger partial charge in [-0.3, -0.25) is 4.79 Å². The second kappa shape index (κ2) is 18.7. The molecule has 5 nitrogen and oxygen atoms in total. The molecule has 0 aromatic heterocycles. The number of hydrogen-bond acceptors (Lipinski definition) is 4. The Labute approximate surface area is 189 Å². The smallest absolute Gasteiger partial charge is 0.240 e. The zero-order valence-corrected chi connectivity index (χ0v) is 19.8. The Morgan fingerprint density at radius 2 is 1.42 bits per heavy atom. The largest absolute Gasteiger partial charge is 0.504 e. The maximum Gasteiger partial charge on any atom is 0.240 e. The monoisotopic (exact) mass is 432 g/mol. The number of unbranched alkanes of at least 4 members (excludes halogenated alkanes) is 14. The molecule has 176 valence electrons. The van der Waals surface area contributed by atoms with Crippen molar-refractivity contribution in [2.45, 2.75) is 110 Å². The minimum atomic E-state index is -0.0895. The number of para-hydroxylation sites is 1. The summed E-state index contributed by atoms with van der Waals surface area (Å²) in [4.78, 5) is 11.9. The lowest BCUT2D eigenvalue weighted by Gasteiger charge is -2.05. The van der Waals surface area contributed by atoms with E-state index in [1.54, 1.807) is 18.2 Å². The summed E-state index contributed by atoms with van der Waals surface area (Å²) in [7, 11) is 1.50. The van der Waals surface area contributed by atoms with E-state index in [0.29, 0.717) is 17.7 Å². The van der Waals surface area contributed by atoms with Crippen LogP contribution in [-0.2, 0) is 4.79 Å². The van der Waals surface area contributed by atoms with Gasteiger partial charge < -0.3 is 9.84 Å². The quantitative estimate of drug-likeness (QED) is 0.139. The SMILES string of the molecule is CCCCCCCCCCCCCCCCCC(=O)N/N=C/c1cccc(OC)c1O. The molecule has 0 bridgehead atoms. The Morgan fingerprint density at radius 3 is 1.94 bits per heavy atom. The lowest BCUT2D eigenvalue weighted by atomic mass is 10.0. The number of phenolic OH excluding ortho intramolecular Hbond substituents is 1. The van der Waals surface area contributed by atoms with Gasteiger partial charge >= 0.3 is 0 Å². The molecule has 31 heavy (non-hydrogen) atoms. The van der Waals surface area contributed by atoms with Gasteiger partial charge in [-0.15, -0.1) is 0 Å². The molecule has 0 saturated carbocycles. The molecule has 0 spiro atoms. The first-order valence-corrected chi connectivity index (χ1v) is 12.4. The summed E-state index contributed by atoms with van der Waals surface area (Å²) in [5, 5.41) is 13.9. The highest BCUT2D eigenvalue weighted by Crippen LogP contribution is 2.27. The van der Waals surface area contributed by atoms with E-state index in [4.69, 9.17) is 4.74 Å². The van der Waals surface area contributed by atoms with E-state index in [9.17, 15) is 9.90 Å². The Morgan fingerprint density at radius 1 is 0.903 bits per heavy atom. The minimum Gasteiger partial charge on any atom is -0.504 e. The van der Waals surface area contributed by atoms with Crippen LogP contribution in [-0.4, -0.2) is 24.3 Å². The van der Waals surface area contributed by atoms with Gasteiger partial charge in [-0.25, -0.2) is 5.43 Å². The summed E-state index contributed by atoms with van der Waals surface area (Å²) in [5.41, 5.74) is 3.03. The van der Waals surface area contributed by atoms with Crippen molar-refractivity contribution >= 4 is 12.1 Å². The molecular weight excluding hydrogens is 388 g/mol. The molecule has 0 radical (unpaired) electrons. The predicted molar refractivity (Wildman–Crippen MR) is 130 cm³/mol. The van der Waals surface area contributed by atoms with Crippen molar-refractivity contribution in [3.8, 4) is 11.5 Å². The van der Waals surface area contributed by atoms with Crippen LogP contribution in [0.4, 0.5) is 0 Å². The van der Waals surface area contributed by atoms with Crippen LogP contribution >= 0.6 is 0 Å². The van der Waals surface area contributed by atoms with Gasteiger partial charge in [-0.1, -0.05) is 103 Å². The van der Waals surface area contributed by atoms with E-state index >= 15 is 0 Å². The normalized spacial score (nSPS) is 11.2. The van der Waals surface area contributed by atoms with E-state index < -0.39 is 0 Å². The summed E-state index contributed by atoms with van der Waals surface area (Å²) in [6.07, 6.45) is 21.6. The maximum absolute atomic E-state index is 11.9. The number of ether oxygens (including phenoxy) is 1. The molecule has 1 amide bonds. The van der Waals surface area contributed by atoms with Crippen LogP contribution in [0.15, 0.2) is 23.3 Å². The van der Waals surface area contributed by atoms with Crippen molar-refractivity contribution in [2.24, 2.45) is 5.10 Å². The van der Waals surface area contributed by atoms with Crippen LogP contribution < -0.4 is 10.2 Å². The van der Waals surface area contributed by atoms with E-state index in [2.05, 4.69) is 17.5 Å². The highest BCUT2D eigenvalue weighted by Gasteiger charge is 2.05. The third-order valence-electron chi connectivity index (χ3n) is 5.65. The summed E-state index contributed by atoms with van der Waals surface area (Å²) >= 11 is 0. The molecule has 0 atom stereocenters. The summed E-state index contributed by atoms with van der Waals surface area (Å²) in [6.45, 7) is 2.27. The fraction of sp³-hybridized carbons (Fsp3) is 0.692. The van der Waals surface area contributed by atoms with Gasteiger partial charge in [-0.05, 0) is 18.6 Å². The molecule has 0 aliphatic rings. The van der Waals surface area contributed by atoms with Gasteiger partial charge in [-0.2, -0.15) is 5.10 Å². The second-order valence-corrected chi connectivity index (χ2v) is 8.39. The third-order valence-corrected chi connectivity index (χ3v) is 5.65. The van der Waals surface area contributed by atoms with Gasteiger partial charge in [0.2, 0.25) is 5.91 Å². The first-order chi connectivity index (χ1) is 15.2. The van der Waals surface area contributed by atoms with E-state index in [0.717, 1.165) is 12.8 Å². The third kappa shape index (κ3) is 13.8. The maximum atomic E-state index is 11.9. The standard InChI is InChI=1S/C26H44N2O3/c1-3-4-5-6-7-8-9-10-11-12-13-14-15-16-17-21-25(29)28-27-22-23-19-18-20-24(31-2)26(23)30/h18-20,22,30H,3-17,21H2,1-2H3,(H,28,29)/b27-22+. The zero-order valence-electron chi connectivity index (χ0n) is 19.8. The predicted octanol–water partition coefficient (Wildman–Crippen LogP) is 7.11. The highest BCUT2D eigenvalue weighted by molar-refractivity contribution is 5.86. The van der Waals surface area contributed by atoms with Crippen molar-refractivity contribution in [1.82, 2.24) is 5.43 Å². The molecule has 2 N–H and O–H groups in total. The minimum absolute atomic E-state index is 0.0189. The van der Waals surface area contributed by atoms with Crippen LogP contribution in [0.1, 0.15) is 115 Å². The number of hydrazone groups is 1. The van der Waals surface area contributed by atoms with Crippen molar-refractivity contribution in [1.29, 1.82) is 0 Å². The number of amides is 1. The topological polar surface area (TPSA) is 70.9 Å². The molecule has 0 fully saturated rings. The van der Waals surface area contributed by atoms with Crippen LogP contribution in [0.2, 0.25) is 0 Å². The summed E-state index contributed by atoms with van der Waals surface area (Å²) in [6, 6.07) is 5.14. The molecular formula is C26H44N2O3. The van der Waals surface area contributed by atoms with Gasteiger partial charge in [0.25, 0.3) is 0 Å². The lowest BCUT2D eigenvalue weighted by Crippen LogP contribution is -2.16. The Kier molecular flexibility index (Phi) is 16.3. The number of benzene rings is 1. The Hall–Kier alpha value is -2.04. The van der Waals surface area contributed by atoms with Gasteiger partial charge in [0, 0.05) is 12.0 Å². The van der Waals surface area contributed by atoms with Crippen molar-refractivity contribution in [3.63, 3.8) is 0 Å². The van der Waals surface area contributed by atoms with E-state index in [-0.39, 0.29) is 11.7 Å². The lowest BCUT2D eigenvalue weighted by molar-refractivity contribution is -0.121. The van der Waals surface area contributed by atoms with Crippen LogP contribution in [0, 0.1) is 0 Å². The molecule has 1 rings (SSSR count). The summed E-state index contributed by atoms with van der Waals surface area (Å²) < 4.78 is 5.05. The highest BCUT2D eigenvalue weighted by atomic mass is 16.5. The van der Waals surface area contributed by atoms with Crippen LogP contribution in [0.3, 0.4) is 0 Å². The fourth-order valence-electron chi connectivity index (χ4n) is 3.69. The van der Waals surface area contributed by atoms with Crippen molar-refractivity contribution < 1.29 is 14.6 Å². The molecule has 0 unspecified atom stereocenters. The van der Waals surface area contributed by atoms with Crippen molar-refractivity contribution in [2.75, 3.05) is 7.11 Å². The number of hydrogen-bond donors (Lipinski definition) is 2. The number of carbonyl (C=O) groups is 1. The molecule has 5 heteroatoms. The van der Waals surface area contributed by atoms with E-state index in [1.165, 1.54) is 96.8 Å². The Bertz CT molecular complexity index is 617. The average molecular weight is 433 g/mol. The summed E-state index contributed by atoms with van der Waals surface area (Å²) in [5.74, 6) is 0.312. The number of aromatic hydroxyl groups is 1. The number of methoxy groups -OCH3 is 1. The second-order valence-electron chi connectivity index (χ2n) is 8.39. The first-order valence-electron chi connectivity index (χ1n) is 12.4. The van der Waals surface area contributed by atoms with Crippen LogP contribution in [0.5, 0.6) is 11.5 Å². The molecule has 0 aliphatic carbocycles. The molecule has 0 aliphatic heterocycles. The van der Waals surface area contributed by atoms with Gasteiger partial charge in [0.1, 0.15) is 0 Å². The van der Waals surface area contributed by atoms with Gasteiger partial charge in [0.15, 0.2) is 11.5 Å². The number of rotatable bonds is 19. The van der Waals surface area contributed by atoms with Crippen molar-refractivity contribution in [3.05, 3.63) is 23.8 Å². The number of carbonyl (C=O) groups excluding carboxylic acids is 1. The zero-order chi connectivity index (χ0) is 22.6. The van der Waals surface area contributed by atoms with Crippen LogP contribution in [0.25, 0.3) is 0 Å². The van der Waals surface area contributed by atoms with Gasteiger partial charge in [0.05, 0.1) is 13.3 Å². The molecule has 1 aromatic carbocycles. The first kappa shape index (κ1) is 27.0. The molecule has 1 aromatic rings. The molecule has 0 saturated heterocycles. The van der Waals surface area contributed by atoms with E-state index in [1.807, 2.05) is 0 Å². The number of phenols is 1. The average Bonchev–Trinajstić information content (AvgIpc) is 2.77. The molecule has 0 heterocycles. The number of nitrogens with zero attached hydrogens (tertiary/aromatic N) is 1. The Balaban J connectivity index is 1.93. The fourth-order valence-corrected chi connectivity index (χ4v) is 3.69.